The number of aliphatic hydroxyl groups excluding tert-OH is 1. The number of hydrogen-bond donors (Lipinski definition) is 2. The Labute approximate surface area is 139 Å². The molecule has 128 valence electrons. The van der Waals surface area contributed by atoms with E-state index in [4.69, 9.17) is 5.11 Å². The number of rotatable bonds is 7. The Morgan fingerprint density at radius 3 is 2.65 bits per heavy atom. The first kappa shape index (κ1) is 17.8. The van der Waals surface area contributed by atoms with Gasteiger partial charge in [-0.3, -0.25) is 0 Å². The monoisotopic (exact) mass is 319 g/mol. The zero-order chi connectivity index (χ0) is 16.5. The van der Waals surface area contributed by atoms with Crippen molar-refractivity contribution in [1.29, 1.82) is 0 Å². The number of aliphatic hydroxyl groups is 1. The Morgan fingerprint density at radius 2 is 2.00 bits per heavy atom. The molecule has 1 fully saturated rings. The summed E-state index contributed by atoms with van der Waals surface area (Å²) in [5.74, 6) is 0.366. The largest absolute Gasteiger partial charge is 0.396 e. The molecule has 0 saturated carbocycles. The number of likely N-dealkylation sites (tertiary alicyclic amines) is 1. The summed E-state index contributed by atoms with van der Waals surface area (Å²) in [5.41, 5.74) is 1.31. The number of amides is 2. The van der Waals surface area contributed by atoms with Gasteiger partial charge in [0.1, 0.15) is 0 Å². The third-order valence-electron chi connectivity index (χ3n) is 4.45. The molecule has 1 aliphatic heterocycles. The lowest BCUT2D eigenvalue weighted by Gasteiger charge is -2.31. The molecule has 0 aromatic heterocycles. The minimum Gasteiger partial charge on any atom is -0.396 e. The number of carbonyl (C=O) groups is 1. The Kier molecular flexibility index (Phi) is 7.36. The van der Waals surface area contributed by atoms with Gasteiger partial charge in [-0.1, -0.05) is 30.3 Å². The normalized spacial score (nSPS) is 15.9. The van der Waals surface area contributed by atoms with E-state index in [0.717, 1.165) is 45.4 Å². The number of nitrogens with zero attached hydrogens (tertiary/aromatic N) is 2. The smallest absolute Gasteiger partial charge is 0.317 e. The van der Waals surface area contributed by atoms with Crippen LogP contribution in [-0.2, 0) is 6.54 Å². The van der Waals surface area contributed by atoms with Crippen molar-refractivity contribution in [3.8, 4) is 0 Å². The van der Waals surface area contributed by atoms with Gasteiger partial charge in [-0.25, -0.2) is 4.79 Å². The Balaban J connectivity index is 1.57. The second kappa shape index (κ2) is 9.53. The molecule has 5 heteroatoms. The lowest BCUT2D eigenvalue weighted by atomic mass is 9.98. The van der Waals surface area contributed by atoms with Gasteiger partial charge in [0.25, 0.3) is 0 Å². The summed E-state index contributed by atoms with van der Waals surface area (Å²) in [6, 6.07) is 10.4. The summed E-state index contributed by atoms with van der Waals surface area (Å²) in [6.45, 7) is 4.35. The zero-order valence-electron chi connectivity index (χ0n) is 14.1. The molecule has 1 saturated heterocycles. The highest BCUT2D eigenvalue weighted by Gasteiger charge is 2.21. The third kappa shape index (κ3) is 6.20. The van der Waals surface area contributed by atoms with Gasteiger partial charge in [0.2, 0.25) is 0 Å². The van der Waals surface area contributed by atoms with Crippen molar-refractivity contribution in [2.45, 2.75) is 25.8 Å². The van der Waals surface area contributed by atoms with Gasteiger partial charge in [-0.2, -0.15) is 0 Å². The summed E-state index contributed by atoms with van der Waals surface area (Å²) in [4.78, 5) is 16.2. The number of piperidine rings is 1. The van der Waals surface area contributed by atoms with E-state index >= 15 is 0 Å². The summed E-state index contributed by atoms with van der Waals surface area (Å²) in [6.07, 6.45) is 2.76. The van der Waals surface area contributed by atoms with Crippen LogP contribution in [0.1, 0.15) is 24.8 Å². The van der Waals surface area contributed by atoms with Crippen LogP contribution in [0.15, 0.2) is 30.3 Å². The average molecular weight is 319 g/mol. The molecule has 0 radical (unpaired) electrons. The first-order valence-corrected chi connectivity index (χ1v) is 8.55. The predicted molar refractivity (Wildman–Crippen MR) is 92.2 cm³/mol. The second-order valence-corrected chi connectivity index (χ2v) is 6.42. The van der Waals surface area contributed by atoms with E-state index in [1.165, 1.54) is 5.56 Å². The SMILES string of the molecule is CN(CCCNC(=O)N1CCC(CO)CC1)Cc1ccccc1. The molecule has 1 aromatic carbocycles. The van der Waals surface area contributed by atoms with E-state index in [1.807, 2.05) is 11.0 Å². The highest BCUT2D eigenvalue weighted by Crippen LogP contribution is 2.16. The molecular weight excluding hydrogens is 290 g/mol. The van der Waals surface area contributed by atoms with Gasteiger partial charge >= 0.3 is 6.03 Å². The van der Waals surface area contributed by atoms with E-state index in [1.54, 1.807) is 0 Å². The molecule has 1 aromatic rings. The van der Waals surface area contributed by atoms with Crippen molar-refractivity contribution < 1.29 is 9.90 Å². The van der Waals surface area contributed by atoms with Crippen molar-refractivity contribution in [3.63, 3.8) is 0 Å². The average Bonchev–Trinajstić information content (AvgIpc) is 2.59. The van der Waals surface area contributed by atoms with E-state index in [-0.39, 0.29) is 12.6 Å². The molecule has 0 spiro atoms. The fraction of sp³-hybridized carbons (Fsp3) is 0.611. The molecule has 2 rings (SSSR count). The molecule has 2 N–H and O–H groups in total. The van der Waals surface area contributed by atoms with Crippen LogP contribution in [0, 0.1) is 5.92 Å². The van der Waals surface area contributed by atoms with E-state index in [9.17, 15) is 4.79 Å². The Bertz CT molecular complexity index is 459. The fourth-order valence-corrected chi connectivity index (χ4v) is 2.95. The third-order valence-corrected chi connectivity index (χ3v) is 4.45. The van der Waals surface area contributed by atoms with Crippen molar-refractivity contribution in [2.24, 2.45) is 5.92 Å². The van der Waals surface area contributed by atoms with Crippen LogP contribution >= 0.6 is 0 Å². The molecular formula is C18H29N3O2. The zero-order valence-corrected chi connectivity index (χ0v) is 14.1. The highest BCUT2D eigenvalue weighted by molar-refractivity contribution is 5.74. The lowest BCUT2D eigenvalue weighted by molar-refractivity contribution is 0.137. The van der Waals surface area contributed by atoms with E-state index in [2.05, 4.69) is 41.5 Å². The van der Waals surface area contributed by atoms with Gasteiger partial charge in [0.15, 0.2) is 0 Å². The molecule has 0 aliphatic carbocycles. The molecule has 0 unspecified atom stereocenters. The molecule has 0 bridgehead atoms. The molecule has 5 nitrogen and oxygen atoms in total. The van der Waals surface area contributed by atoms with Crippen LogP contribution in [0.25, 0.3) is 0 Å². The standard InChI is InChI=1S/C18H29N3O2/c1-20(14-16-6-3-2-4-7-16)11-5-10-19-18(23)21-12-8-17(15-22)9-13-21/h2-4,6-7,17,22H,5,8-15H2,1H3,(H,19,23). The van der Waals surface area contributed by atoms with Crippen LogP contribution in [0.5, 0.6) is 0 Å². The van der Waals surface area contributed by atoms with E-state index < -0.39 is 0 Å². The minimum atomic E-state index is 0.0344. The number of urea groups is 1. The van der Waals surface area contributed by atoms with E-state index in [0.29, 0.717) is 12.5 Å². The first-order chi connectivity index (χ1) is 11.2. The molecule has 2 amide bonds. The summed E-state index contributed by atoms with van der Waals surface area (Å²) < 4.78 is 0. The summed E-state index contributed by atoms with van der Waals surface area (Å²) >= 11 is 0. The van der Waals surface area contributed by atoms with Crippen LogP contribution in [0.3, 0.4) is 0 Å². The van der Waals surface area contributed by atoms with Gasteiger partial charge in [-0.05, 0) is 44.3 Å². The minimum absolute atomic E-state index is 0.0344. The van der Waals surface area contributed by atoms with Crippen LogP contribution < -0.4 is 5.32 Å². The number of carbonyl (C=O) groups excluding carboxylic acids is 1. The molecule has 1 heterocycles. The van der Waals surface area contributed by atoms with Gasteiger partial charge in [-0.15, -0.1) is 0 Å². The fourth-order valence-electron chi connectivity index (χ4n) is 2.95. The maximum Gasteiger partial charge on any atom is 0.317 e. The predicted octanol–water partition coefficient (Wildman–Crippen LogP) is 1.92. The van der Waals surface area contributed by atoms with Crippen LogP contribution in [0.2, 0.25) is 0 Å². The first-order valence-electron chi connectivity index (χ1n) is 8.55. The maximum atomic E-state index is 12.1. The summed E-state index contributed by atoms with van der Waals surface area (Å²) in [7, 11) is 2.11. The Hall–Kier alpha value is -1.59. The number of nitrogens with one attached hydrogen (secondary N) is 1. The van der Waals surface area contributed by atoms with Crippen molar-refractivity contribution in [2.75, 3.05) is 39.8 Å². The lowest BCUT2D eigenvalue weighted by Crippen LogP contribution is -2.45. The number of hydrogen-bond acceptors (Lipinski definition) is 3. The number of benzene rings is 1. The van der Waals surface area contributed by atoms with Crippen molar-refractivity contribution in [1.82, 2.24) is 15.1 Å². The van der Waals surface area contributed by atoms with Crippen LogP contribution in [0.4, 0.5) is 4.79 Å². The van der Waals surface area contributed by atoms with Gasteiger partial charge in [0.05, 0.1) is 0 Å². The molecule has 0 atom stereocenters. The second-order valence-electron chi connectivity index (χ2n) is 6.42. The quantitative estimate of drug-likeness (QED) is 0.755. The summed E-state index contributed by atoms with van der Waals surface area (Å²) in [5, 5.41) is 12.1. The van der Waals surface area contributed by atoms with Gasteiger partial charge in [0, 0.05) is 32.8 Å². The van der Waals surface area contributed by atoms with Gasteiger partial charge < -0.3 is 20.2 Å². The molecule has 23 heavy (non-hydrogen) atoms. The molecule has 1 aliphatic rings. The van der Waals surface area contributed by atoms with Crippen molar-refractivity contribution in [3.05, 3.63) is 35.9 Å². The van der Waals surface area contributed by atoms with Crippen molar-refractivity contribution >= 4 is 6.03 Å². The topological polar surface area (TPSA) is 55.8 Å². The highest BCUT2D eigenvalue weighted by atomic mass is 16.3. The Morgan fingerprint density at radius 1 is 1.30 bits per heavy atom. The van der Waals surface area contributed by atoms with Crippen LogP contribution in [-0.4, -0.2) is 60.8 Å². The maximum absolute atomic E-state index is 12.1.